The van der Waals surface area contributed by atoms with Crippen LogP contribution in [0.1, 0.15) is 59.3 Å². The summed E-state index contributed by atoms with van der Waals surface area (Å²) in [5.41, 5.74) is 0. The van der Waals surface area contributed by atoms with Crippen molar-refractivity contribution < 1.29 is 27.2 Å². The number of unbranched alkanes of at least 4 members (excludes halogenated alkanes) is 2. The first kappa shape index (κ1) is 22.8. The van der Waals surface area contributed by atoms with Crippen molar-refractivity contribution in [3.8, 4) is 0 Å². The van der Waals surface area contributed by atoms with Crippen molar-refractivity contribution in [2.24, 2.45) is 5.92 Å². The summed E-state index contributed by atoms with van der Waals surface area (Å²) in [4.78, 5) is 0. The molecule has 0 rings (SSSR count). The van der Waals surface area contributed by atoms with Crippen LogP contribution in [0.2, 0.25) is 0 Å². The quantitative estimate of drug-likeness (QED) is 0.260. The third kappa shape index (κ3) is 16.4. The molecule has 1 N–H and O–H groups in total. The van der Waals surface area contributed by atoms with Gasteiger partial charge in [0.25, 0.3) is 10.1 Å². The normalized spacial score (nSPS) is 14.8. The van der Waals surface area contributed by atoms with Crippen LogP contribution in [0.5, 0.6) is 0 Å². The highest BCUT2D eigenvalue weighted by Crippen LogP contribution is 2.13. The second kappa shape index (κ2) is 14.2. The lowest BCUT2D eigenvalue weighted by Gasteiger charge is -2.19. The summed E-state index contributed by atoms with van der Waals surface area (Å²) in [7, 11) is -3.85. The average Bonchev–Trinajstić information content (AvgIpc) is 2.49. The molecule has 0 spiro atoms. The van der Waals surface area contributed by atoms with Crippen molar-refractivity contribution in [2.75, 3.05) is 32.2 Å². The van der Waals surface area contributed by atoms with Gasteiger partial charge in [-0.3, -0.25) is 4.55 Å². The van der Waals surface area contributed by atoms with Crippen molar-refractivity contribution in [3.63, 3.8) is 0 Å². The Morgan fingerprint density at radius 3 is 2.35 bits per heavy atom. The average molecular weight is 355 g/mol. The topological polar surface area (TPSA) is 82.1 Å². The van der Waals surface area contributed by atoms with E-state index in [0.29, 0.717) is 38.6 Å². The maximum Gasteiger partial charge on any atom is 0.264 e. The molecule has 0 bridgehead atoms. The third-order valence-corrected chi connectivity index (χ3v) is 4.44. The van der Waals surface area contributed by atoms with E-state index in [1.165, 1.54) is 19.3 Å². The first-order chi connectivity index (χ1) is 10.9. The summed E-state index contributed by atoms with van der Waals surface area (Å²) in [5, 5.41) is 0. The van der Waals surface area contributed by atoms with Crippen LogP contribution in [0.4, 0.5) is 0 Å². The molecule has 0 radical (unpaired) electrons. The molecule has 0 aromatic rings. The van der Waals surface area contributed by atoms with Crippen molar-refractivity contribution >= 4 is 10.1 Å². The summed E-state index contributed by atoms with van der Waals surface area (Å²) in [5.74, 6) is 0.383. The van der Waals surface area contributed by atoms with Gasteiger partial charge in [-0.1, -0.05) is 33.1 Å². The number of hydrogen-bond acceptors (Lipinski definition) is 5. The lowest BCUT2D eigenvalue weighted by atomic mass is 10.0. The fraction of sp³-hybridized carbons (Fsp3) is 1.00. The van der Waals surface area contributed by atoms with Gasteiger partial charge < -0.3 is 14.2 Å². The maximum absolute atomic E-state index is 10.5. The number of rotatable bonds is 16. The molecule has 0 aliphatic heterocycles. The predicted octanol–water partition coefficient (Wildman–Crippen LogP) is 3.27. The molecule has 0 aromatic carbocycles. The minimum atomic E-state index is -3.85. The highest BCUT2D eigenvalue weighted by molar-refractivity contribution is 7.85. The SMILES string of the molecule is CCCCC(CC)COC(C)OCCOCCCCS(=O)(=O)O. The van der Waals surface area contributed by atoms with Gasteiger partial charge in [0, 0.05) is 6.61 Å². The highest BCUT2D eigenvalue weighted by atomic mass is 32.2. The van der Waals surface area contributed by atoms with Crippen LogP contribution in [0.15, 0.2) is 0 Å². The Hall–Kier alpha value is -0.210. The van der Waals surface area contributed by atoms with Gasteiger partial charge in [-0.2, -0.15) is 8.42 Å². The van der Waals surface area contributed by atoms with Gasteiger partial charge in [0.05, 0.1) is 25.6 Å². The smallest absolute Gasteiger partial charge is 0.264 e. The van der Waals surface area contributed by atoms with Gasteiger partial charge in [-0.15, -0.1) is 0 Å². The molecule has 0 aliphatic rings. The van der Waals surface area contributed by atoms with E-state index in [1.54, 1.807) is 0 Å². The van der Waals surface area contributed by atoms with E-state index in [1.807, 2.05) is 6.92 Å². The van der Waals surface area contributed by atoms with Crippen LogP contribution >= 0.6 is 0 Å². The van der Waals surface area contributed by atoms with Crippen molar-refractivity contribution in [3.05, 3.63) is 0 Å². The van der Waals surface area contributed by atoms with Crippen LogP contribution in [0, 0.1) is 5.92 Å². The molecule has 0 amide bonds. The zero-order valence-corrected chi connectivity index (χ0v) is 15.6. The lowest BCUT2D eigenvalue weighted by molar-refractivity contribution is -0.147. The molecule has 0 aliphatic carbocycles. The van der Waals surface area contributed by atoms with Gasteiger partial charge in [0.1, 0.15) is 0 Å². The Bertz CT molecular complexity index is 358. The molecule has 0 saturated heterocycles. The maximum atomic E-state index is 10.5. The Morgan fingerprint density at radius 1 is 1.00 bits per heavy atom. The summed E-state index contributed by atoms with van der Waals surface area (Å²) >= 11 is 0. The monoisotopic (exact) mass is 354 g/mol. The van der Waals surface area contributed by atoms with E-state index in [4.69, 9.17) is 18.8 Å². The largest absolute Gasteiger partial charge is 0.379 e. The number of ether oxygens (including phenoxy) is 3. The van der Waals surface area contributed by atoms with E-state index in [0.717, 1.165) is 13.0 Å². The van der Waals surface area contributed by atoms with E-state index in [-0.39, 0.29) is 12.0 Å². The zero-order chi connectivity index (χ0) is 17.6. The van der Waals surface area contributed by atoms with Crippen LogP contribution in [-0.4, -0.2) is 51.4 Å². The van der Waals surface area contributed by atoms with Gasteiger partial charge in [0.2, 0.25) is 0 Å². The molecule has 2 atom stereocenters. The Labute approximate surface area is 141 Å². The van der Waals surface area contributed by atoms with Crippen molar-refractivity contribution in [1.82, 2.24) is 0 Å². The van der Waals surface area contributed by atoms with Crippen LogP contribution in [-0.2, 0) is 24.3 Å². The molecule has 0 aromatic heterocycles. The van der Waals surface area contributed by atoms with Gasteiger partial charge in [-0.05, 0) is 32.1 Å². The van der Waals surface area contributed by atoms with Crippen molar-refractivity contribution in [1.29, 1.82) is 0 Å². The van der Waals surface area contributed by atoms with Crippen molar-refractivity contribution in [2.45, 2.75) is 65.6 Å². The molecule has 0 fully saturated rings. The van der Waals surface area contributed by atoms with E-state index < -0.39 is 10.1 Å². The van der Waals surface area contributed by atoms with Crippen LogP contribution in [0.25, 0.3) is 0 Å². The summed E-state index contributed by atoms with van der Waals surface area (Å²) < 4.78 is 46.2. The van der Waals surface area contributed by atoms with E-state index in [2.05, 4.69) is 13.8 Å². The molecular weight excluding hydrogens is 320 g/mol. The molecular formula is C16H34O6S. The molecule has 7 heteroatoms. The second-order valence-corrected chi connectivity index (χ2v) is 7.37. The van der Waals surface area contributed by atoms with E-state index in [9.17, 15) is 8.42 Å². The standard InChI is InChI=1S/C16H34O6S/c1-4-6-9-16(5-2)14-22-15(3)21-12-11-20-10-7-8-13-23(17,18)19/h15-16H,4-14H2,1-3H3,(H,17,18,19). The molecule has 23 heavy (non-hydrogen) atoms. The molecule has 2 unspecified atom stereocenters. The Balaban J connectivity index is 3.47. The molecule has 6 nitrogen and oxygen atoms in total. The van der Waals surface area contributed by atoms with Crippen LogP contribution < -0.4 is 0 Å². The van der Waals surface area contributed by atoms with Crippen LogP contribution in [0.3, 0.4) is 0 Å². The minimum absolute atomic E-state index is 0.214. The molecule has 140 valence electrons. The minimum Gasteiger partial charge on any atom is -0.379 e. The first-order valence-electron chi connectivity index (χ1n) is 8.65. The van der Waals surface area contributed by atoms with Gasteiger partial charge in [-0.25, -0.2) is 0 Å². The lowest BCUT2D eigenvalue weighted by Crippen LogP contribution is -2.20. The highest BCUT2D eigenvalue weighted by Gasteiger charge is 2.09. The second-order valence-electron chi connectivity index (χ2n) is 5.79. The fourth-order valence-corrected chi connectivity index (χ4v) is 2.65. The molecule has 0 heterocycles. The summed E-state index contributed by atoms with van der Waals surface area (Å²) in [6, 6.07) is 0. The Kier molecular flexibility index (Phi) is 14.0. The van der Waals surface area contributed by atoms with Gasteiger partial charge in [0.15, 0.2) is 6.29 Å². The number of hydrogen-bond donors (Lipinski definition) is 1. The Morgan fingerprint density at radius 2 is 1.74 bits per heavy atom. The fourth-order valence-electron chi connectivity index (χ4n) is 2.08. The zero-order valence-electron chi connectivity index (χ0n) is 14.8. The van der Waals surface area contributed by atoms with E-state index >= 15 is 0 Å². The predicted molar refractivity (Wildman–Crippen MR) is 91.1 cm³/mol. The van der Waals surface area contributed by atoms with Gasteiger partial charge >= 0.3 is 0 Å². The third-order valence-electron chi connectivity index (χ3n) is 3.63. The first-order valence-corrected chi connectivity index (χ1v) is 10.3. The summed E-state index contributed by atoms with van der Waals surface area (Å²) in [6.07, 6.45) is 5.53. The molecule has 0 saturated carbocycles. The summed E-state index contributed by atoms with van der Waals surface area (Å²) in [6.45, 7) is 8.36.